The van der Waals surface area contributed by atoms with Crippen LogP contribution in [0.15, 0.2) is 28.7 Å². The minimum Gasteiger partial charge on any atom is -0.481 e. The Bertz CT molecular complexity index is 599. The van der Waals surface area contributed by atoms with E-state index in [1.807, 2.05) is 38.1 Å². The van der Waals surface area contributed by atoms with Gasteiger partial charge in [-0.05, 0) is 45.2 Å². The third-order valence-corrected chi connectivity index (χ3v) is 3.50. The molecule has 0 aliphatic rings. The van der Waals surface area contributed by atoms with Crippen LogP contribution in [-0.2, 0) is 11.2 Å². The van der Waals surface area contributed by atoms with Gasteiger partial charge in [0, 0.05) is 12.0 Å². The molecule has 0 saturated carbocycles. The van der Waals surface area contributed by atoms with Crippen molar-refractivity contribution < 1.29 is 14.3 Å². The molecule has 112 valence electrons. The van der Waals surface area contributed by atoms with Crippen molar-refractivity contribution in [3.8, 4) is 11.5 Å². The highest BCUT2D eigenvalue weighted by Gasteiger charge is 2.11. The zero-order chi connectivity index (χ0) is 15.2. The molecule has 0 aliphatic carbocycles. The molecule has 1 aromatic carbocycles. The van der Waals surface area contributed by atoms with Gasteiger partial charge in [0.1, 0.15) is 5.76 Å². The molecule has 2 rings (SSSR count). The first kappa shape index (κ1) is 15.3. The summed E-state index contributed by atoms with van der Waals surface area (Å²) in [7, 11) is 0. The molecule has 4 nitrogen and oxygen atoms in total. The molecule has 0 aliphatic heterocycles. The maximum atomic E-state index is 10.4. The van der Waals surface area contributed by atoms with E-state index in [1.165, 1.54) is 5.56 Å². The molecule has 0 amide bonds. The predicted octanol–water partition coefficient (Wildman–Crippen LogP) is 4.15. The van der Waals surface area contributed by atoms with Gasteiger partial charge in [0.15, 0.2) is 0 Å². The van der Waals surface area contributed by atoms with Crippen molar-refractivity contribution in [2.45, 2.75) is 46.0 Å². The Hall–Kier alpha value is -2.10. The molecule has 0 bridgehead atoms. The molecule has 0 unspecified atom stereocenters. The van der Waals surface area contributed by atoms with E-state index in [4.69, 9.17) is 9.52 Å². The van der Waals surface area contributed by atoms with Gasteiger partial charge < -0.3 is 9.52 Å². The lowest BCUT2D eigenvalue weighted by Crippen LogP contribution is -1.95. The summed E-state index contributed by atoms with van der Waals surface area (Å²) < 4.78 is 5.73. The zero-order valence-corrected chi connectivity index (χ0v) is 12.6. The molecule has 1 N–H and O–H groups in total. The van der Waals surface area contributed by atoms with Crippen LogP contribution in [-0.4, -0.2) is 16.1 Å². The Balaban J connectivity index is 1.93. The number of unbranched alkanes of at least 4 members (excludes halogenated alkanes) is 2. The second kappa shape index (κ2) is 7.07. The molecule has 21 heavy (non-hydrogen) atoms. The Kier molecular flexibility index (Phi) is 5.14. The average molecular weight is 287 g/mol. The minimum absolute atomic E-state index is 0.242. The number of aromatic nitrogens is 1. The van der Waals surface area contributed by atoms with Gasteiger partial charge in [-0.2, -0.15) is 0 Å². The quantitative estimate of drug-likeness (QED) is 0.777. The monoisotopic (exact) mass is 287 g/mol. The van der Waals surface area contributed by atoms with Crippen molar-refractivity contribution in [3.63, 3.8) is 0 Å². The normalized spacial score (nSPS) is 10.8. The summed E-state index contributed by atoms with van der Waals surface area (Å²) >= 11 is 0. The van der Waals surface area contributed by atoms with Crippen LogP contribution in [0.1, 0.15) is 42.7 Å². The van der Waals surface area contributed by atoms with Crippen LogP contribution in [0.3, 0.4) is 0 Å². The Morgan fingerprint density at radius 3 is 2.52 bits per heavy atom. The van der Waals surface area contributed by atoms with Crippen LogP contribution in [0.25, 0.3) is 11.5 Å². The Labute approximate surface area is 124 Å². The first-order valence-electron chi connectivity index (χ1n) is 7.31. The molecular formula is C17H21NO3. The van der Waals surface area contributed by atoms with Crippen molar-refractivity contribution in [3.05, 3.63) is 41.3 Å². The van der Waals surface area contributed by atoms with E-state index in [9.17, 15) is 4.79 Å². The molecular weight excluding hydrogens is 266 g/mol. The highest BCUT2D eigenvalue weighted by molar-refractivity contribution is 5.66. The number of aryl methyl sites for hydroxylation is 3. The lowest BCUT2D eigenvalue weighted by molar-refractivity contribution is -0.137. The van der Waals surface area contributed by atoms with Gasteiger partial charge in [0.05, 0.1) is 5.69 Å². The number of carboxylic acid groups (broad SMARTS) is 1. The van der Waals surface area contributed by atoms with Gasteiger partial charge in [0.2, 0.25) is 5.89 Å². The van der Waals surface area contributed by atoms with Gasteiger partial charge in [-0.25, -0.2) is 4.98 Å². The lowest BCUT2D eigenvalue weighted by atomic mass is 10.1. The van der Waals surface area contributed by atoms with Gasteiger partial charge in [-0.3, -0.25) is 4.79 Å². The van der Waals surface area contributed by atoms with E-state index < -0.39 is 5.97 Å². The Morgan fingerprint density at radius 1 is 1.14 bits per heavy atom. The maximum Gasteiger partial charge on any atom is 0.303 e. The summed E-state index contributed by atoms with van der Waals surface area (Å²) in [5.41, 5.74) is 3.17. The van der Waals surface area contributed by atoms with Crippen molar-refractivity contribution in [2.75, 3.05) is 0 Å². The van der Waals surface area contributed by atoms with Gasteiger partial charge in [-0.1, -0.05) is 24.1 Å². The number of aliphatic carboxylic acids is 1. The van der Waals surface area contributed by atoms with Crippen LogP contribution < -0.4 is 0 Å². The van der Waals surface area contributed by atoms with Crippen LogP contribution in [0.2, 0.25) is 0 Å². The third kappa shape index (κ3) is 4.45. The number of rotatable bonds is 7. The summed E-state index contributed by atoms with van der Waals surface area (Å²) in [5.74, 6) is 0.783. The predicted molar refractivity (Wildman–Crippen MR) is 81.2 cm³/mol. The first-order valence-corrected chi connectivity index (χ1v) is 7.31. The van der Waals surface area contributed by atoms with E-state index in [0.29, 0.717) is 5.89 Å². The number of nitrogens with zero attached hydrogens (tertiary/aromatic N) is 1. The molecule has 0 atom stereocenters. The highest BCUT2D eigenvalue weighted by atomic mass is 16.4. The minimum atomic E-state index is -0.728. The third-order valence-electron chi connectivity index (χ3n) is 3.50. The lowest BCUT2D eigenvalue weighted by Gasteiger charge is -1.97. The van der Waals surface area contributed by atoms with Crippen LogP contribution in [0.5, 0.6) is 0 Å². The smallest absolute Gasteiger partial charge is 0.303 e. The molecule has 2 aromatic rings. The number of hydrogen-bond acceptors (Lipinski definition) is 3. The summed E-state index contributed by atoms with van der Waals surface area (Å²) in [6, 6.07) is 8.11. The molecule has 0 spiro atoms. The first-order chi connectivity index (χ1) is 10.1. The highest BCUT2D eigenvalue weighted by Crippen LogP contribution is 2.23. The fourth-order valence-corrected chi connectivity index (χ4v) is 2.23. The SMILES string of the molecule is Cc1ccc(-c2nc(CCCCCC(=O)O)c(C)o2)cc1. The second-order valence-electron chi connectivity index (χ2n) is 5.34. The Morgan fingerprint density at radius 2 is 1.86 bits per heavy atom. The number of carboxylic acids is 1. The van der Waals surface area contributed by atoms with Crippen molar-refractivity contribution in [1.82, 2.24) is 4.98 Å². The van der Waals surface area contributed by atoms with E-state index in [2.05, 4.69) is 4.98 Å². The van der Waals surface area contributed by atoms with Crippen molar-refractivity contribution >= 4 is 5.97 Å². The molecule has 0 saturated heterocycles. The summed E-state index contributed by atoms with van der Waals surface area (Å²) in [4.78, 5) is 15.0. The second-order valence-corrected chi connectivity index (χ2v) is 5.34. The fourth-order valence-electron chi connectivity index (χ4n) is 2.23. The molecule has 0 fully saturated rings. The number of benzene rings is 1. The standard InChI is InChI=1S/C17H21NO3/c1-12-8-10-14(11-9-12)17-18-15(13(2)21-17)6-4-3-5-7-16(19)20/h8-11H,3-7H2,1-2H3,(H,19,20). The topological polar surface area (TPSA) is 63.3 Å². The van der Waals surface area contributed by atoms with Crippen LogP contribution >= 0.6 is 0 Å². The fraction of sp³-hybridized carbons (Fsp3) is 0.412. The van der Waals surface area contributed by atoms with Gasteiger partial charge in [-0.15, -0.1) is 0 Å². The summed E-state index contributed by atoms with van der Waals surface area (Å²) in [6.45, 7) is 3.98. The van der Waals surface area contributed by atoms with E-state index in [1.54, 1.807) is 0 Å². The number of carbonyl (C=O) groups is 1. The molecule has 4 heteroatoms. The zero-order valence-electron chi connectivity index (χ0n) is 12.6. The van der Waals surface area contributed by atoms with Crippen molar-refractivity contribution in [1.29, 1.82) is 0 Å². The van der Waals surface area contributed by atoms with Gasteiger partial charge >= 0.3 is 5.97 Å². The largest absolute Gasteiger partial charge is 0.481 e. The van der Waals surface area contributed by atoms with Gasteiger partial charge in [0.25, 0.3) is 0 Å². The average Bonchev–Trinajstić information content (AvgIpc) is 2.80. The summed E-state index contributed by atoms with van der Waals surface area (Å²) in [6.07, 6.45) is 3.64. The van der Waals surface area contributed by atoms with Crippen LogP contribution in [0, 0.1) is 13.8 Å². The van der Waals surface area contributed by atoms with Crippen molar-refractivity contribution in [2.24, 2.45) is 0 Å². The van der Waals surface area contributed by atoms with Crippen LogP contribution in [0.4, 0.5) is 0 Å². The van der Waals surface area contributed by atoms with E-state index >= 15 is 0 Å². The number of oxazole rings is 1. The number of hydrogen-bond donors (Lipinski definition) is 1. The van der Waals surface area contributed by atoms with E-state index in [-0.39, 0.29) is 6.42 Å². The maximum absolute atomic E-state index is 10.4. The summed E-state index contributed by atoms with van der Waals surface area (Å²) in [5, 5.41) is 8.60. The molecule has 1 aromatic heterocycles. The molecule has 1 heterocycles. The molecule has 0 radical (unpaired) electrons. The van der Waals surface area contributed by atoms with E-state index in [0.717, 1.165) is 42.7 Å².